The minimum atomic E-state index is -0.793. The Morgan fingerprint density at radius 2 is 1.91 bits per heavy atom. The van der Waals surface area contributed by atoms with Crippen LogP contribution in [0.1, 0.15) is 18.6 Å². The Kier molecular flexibility index (Phi) is 5.83. The van der Waals surface area contributed by atoms with E-state index in [0.29, 0.717) is 10.7 Å². The van der Waals surface area contributed by atoms with Crippen molar-refractivity contribution in [1.82, 2.24) is 5.32 Å². The first-order chi connectivity index (χ1) is 10.5. The predicted octanol–water partition coefficient (Wildman–Crippen LogP) is 4.35. The molecule has 2 rings (SSSR count). The van der Waals surface area contributed by atoms with Gasteiger partial charge in [0.1, 0.15) is 0 Å². The summed E-state index contributed by atoms with van der Waals surface area (Å²) in [4.78, 5) is 11.9. The number of aliphatic hydroxyl groups excluding tert-OH is 1. The maximum absolute atomic E-state index is 11.9. The number of benzene rings is 2. The van der Waals surface area contributed by atoms with E-state index < -0.39 is 18.2 Å². The molecule has 22 heavy (non-hydrogen) atoms. The largest absolute Gasteiger partial charge is 0.386 e. The van der Waals surface area contributed by atoms with Crippen LogP contribution in [-0.2, 0) is 0 Å². The van der Waals surface area contributed by atoms with Gasteiger partial charge in [0, 0.05) is 15.2 Å². The van der Waals surface area contributed by atoms with Gasteiger partial charge in [-0.3, -0.25) is 0 Å². The SMILES string of the molecule is C[C@H](NC(=O)Nc1cccc(Cl)c1)[C@H](O)c1ccc(Br)cc1. The van der Waals surface area contributed by atoms with Crippen LogP contribution in [-0.4, -0.2) is 17.2 Å². The number of urea groups is 1. The summed E-state index contributed by atoms with van der Waals surface area (Å²) in [6.07, 6.45) is -0.793. The van der Waals surface area contributed by atoms with Gasteiger partial charge in [0.25, 0.3) is 0 Å². The summed E-state index contributed by atoms with van der Waals surface area (Å²) in [5.74, 6) is 0. The van der Waals surface area contributed by atoms with Crippen LogP contribution >= 0.6 is 27.5 Å². The van der Waals surface area contributed by atoms with E-state index in [4.69, 9.17) is 11.6 Å². The molecule has 0 unspecified atom stereocenters. The number of rotatable bonds is 4. The number of nitrogens with one attached hydrogen (secondary N) is 2. The quantitative estimate of drug-likeness (QED) is 0.735. The van der Waals surface area contributed by atoms with E-state index in [-0.39, 0.29) is 0 Å². The normalized spacial score (nSPS) is 13.3. The average molecular weight is 384 g/mol. The zero-order chi connectivity index (χ0) is 16.1. The lowest BCUT2D eigenvalue weighted by molar-refractivity contribution is 0.139. The fraction of sp³-hybridized carbons (Fsp3) is 0.188. The maximum atomic E-state index is 11.9. The Morgan fingerprint density at radius 1 is 1.23 bits per heavy atom. The molecule has 6 heteroatoms. The van der Waals surface area contributed by atoms with Gasteiger partial charge in [-0.1, -0.05) is 45.7 Å². The van der Waals surface area contributed by atoms with Crippen molar-refractivity contribution in [3.8, 4) is 0 Å². The molecule has 2 amide bonds. The number of amides is 2. The highest BCUT2D eigenvalue weighted by molar-refractivity contribution is 9.10. The Balaban J connectivity index is 1.94. The van der Waals surface area contributed by atoms with Crippen molar-refractivity contribution in [3.05, 3.63) is 63.6 Å². The summed E-state index contributed by atoms with van der Waals surface area (Å²) in [7, 11) is 0. The molecule has 0 spiro atoms. The van der Waals surface area contributed by atoms with E-state index in [1.807, 2.05) is 24.3 Å². The third kappa shape index (κ3) is 4.73. The second kappa shape index (κ2) is 7.63. The molecule has 2 aromatic rings. The van der Waals surface area contributed by atoms with Crippen molar-refractivity contribution in [3.63, 3.8) is 0 Å². The second-order valence-corrected chi connectivity index (χ2v) is 6.25. The minimum absolute atomic E-state index is 0.397. The molecule has 3 N–H and O–H groups in total. The van der Waals surface area contributed by atoms with Gasteiger partial charge in [-0.15, -0.1) is 0 Å². The van der Waals surface area contributed by atoms with E-state index >= 15 is 0 Å². The van der Waals surface area contributed by atoms with Crippen LogP contribution in [0.5, 0.6) is 0 Å². The van der Waals surface area contributed by atoms with Gasteiger partial charge in [-0.2, -0.15) is 0 Å². The molecule has 0 aliphatic heterocycles. The van der Waals surface area contributed by atoms with Crippen molar-refractivity contribution in [2.45, 2.75) is 19.1 Å². The molecule has 0 aromatic heterocycles. The highest BCUT2D eigenvalue weighted by Gasteiger charge is 2.18. The van der Waals surface area contributed by atoms with Gasteiger partial charge >= 0.3 is 6.03 Å². The zero-order valence-corrected chi connectivity index (χ0v) is 14.2. The van der Waals surface area contributed by atoms with E-state index in [1.165, 1.54) is 0 Å². The number of hydrogen-bond acceptors (Lipinski definition) is 2. The molecule has 0 saturated heterocycles. The van der Waals surface area contributed by atoms with Crippen molar-refractivity contribution in [2.24, 2.45) is 0 Å². The zero-order valence-electron chi connectivity index (χ0n) is 11.9. The lowest BCUT2D eigenvalue weighted by Crippen LogP contribution is -2.39. The Labute approximate surface area is 142 Å². The van der Waals surface area contributed by atoms with Crippen LogP contribution in [0, 0.1) is 0 Å². The number of carbonyl (C=O) groups excluding carboxylic acids is 1. The van der Waals surface area contributed by atoms with Gasteiger partial charge < -0.3 is 15.7 Å². The molecule has 4 nitrogen and oxygen atoms in total. The van der Waals surface area contributed by atoms with Gasteiger partial charge in [0.15, 0.2) is 0 Å². The topological polar surface area (TPSA) is 61.4 Å². The standard InChI is InChI=1S/C16H16BrClN2O2/c1-10(15(21)11-5-7-12(17)8-6-11)19-16(22)20-14-4-2-3-13(18)9-14/h2-10,15,21H,1H3,(H2,19,20,22)/t10-,15-/m0/s1. The third-order valence-electron chi connectivity index (χ3n) is 3.13. The van der Waals surface area contributed by atoms with Crippen molar-refractivity contribution < 1.29 is 9.90 Å². The van der Waals surface area contributed by atoms with E-state index in [9.17, 15) is 9.90 Å². The lowest BCUT2D eigenvalue weighted by atomic mass is 10.0. The van der Waals surface area contributed by atoms with Gasteiger partial charge in [-0.25, -0.2) is 4.79 Å². The molecule has 0 bridgehead atoms. The molecule has 0 saturated carbocycles. The van der Waals surface area contributed by atoms with E-state index in [1.54, 1.807) is 31.2 Å². The molecule has 2 aromatic carbocycles. The highest BCUT2D eigenvalue weighted by atomic mass is 79.9. The molecule has 116 valence electrons. The lowest BCUT2D eigenvalue weighted by Gasteiger charge is -2.21. The van der Waals surface area contributed by atoms with Crippen LogP contribution in [0.25, 0.3) is 0 Å². The summed E-state index contributed by atoms with van der Waals surface area (Å²) < 4.78 is 0.933. The summed E-state index contributed by atoms with van der Waals surface area (Å²) in [5, 5.41) is 16.2. The van der Waals surface area contributed by atoms with E-state index in [2.05, 4.69) is 26.6 Å². The molecule has 0 heterocycles. The van der Waals surface area contributed by atoms with Gasteiger partial charge in [0.05, 0.1) is 12.1 Å². The van der Waals surface area contributed by atoms with Crippen LogP contribution in [0.4, 0.5) is 10.5 Å². The smallest absolute Gasteiger partial charge is 0.319 e. The molecular formula is C16H16BrClN2O2. The first kappa shape index (κ1) is 16.8. The Bertz CT molecular complexity index is 649. The fourth-order valence-corrected chi connectivity index (χ4v) is 2.42. The minimum Gasteiger partial charge on any atom is -0.386 e. The summed E-state index contributed by atoms with van der Waals surface area (Å²) in [6.45, 7) is 1.74. The number of aliphatic hydroxyl groups is 1. The Hall–Kier alpha value is -1.56. The van der Waals surface area contributed by atoms with Crippen LogP contribution < -0.4 is 10.6 Å². The van der Waals surface area contributed by atoms with Crippen molar-refractivity contribution in [2.75, 3.05) is 5.32 Å². The number of halogens is 2. The van der Waals surface area contributed by atoms with Gasteiger partial charge in [-0.05, 0) is 42.8 Å². The molecular weight excluding hydrogens is 368 g/mol. The molecule has 0 fully saturated rings. The van der Waals surface area contributed by atoms with Gasteiger partial charge in [0.2, 0.25) is 0 Å². The fourth-order valence-electron chi connectivity index (χ4n) is 1.97. The highest BCUT2D eigenvalue weighted by Crippen LogP contribution is 2.20. The summed E-state index contributed by atoms with van der Waals surface area (Å²) >= 11 is 9.20. The molecule has 0 aliphatic carbocycles. The molecule has 0 radical (unpaired) electrons. The van der Waals surface area contributed by atoms with Crippen LogP contribution in [0.3, 0.4) is 0 Å². The number of hydrogen-bond donors (Lipinski definition) is 3. The van der Waals surface area contributed by atoms with Crippen LogP contribution in [0.15, 0.2) is 53.0 Å². The van der Waals surface area contributed by atoms with Crippen LogP contribution in [0.2, 0.25) is 5.02 Å². The molecule has 0 aliphatic rings. The first-order valence-corrected chi connectivity index (χ1v) is 7.89. The summed E-state index contributed by atoms with van der Waals surface area (Å²) in [6, 6.07) is 13.3. The number of anilines is 1. The second-order valence-electron chi connectivity index (χ2n) is 4.89. The van der Waals surface area contributed by atoms with Crippen molar-refractivity contribution >= 4 is 39.2 Å². The molecule has 2 atom stereocenters. The number of carbonyl (C=O) groups is 1. The first-order valence-electron chi connectivity index (χ1n) is 6.72. The van der Waals surface area contributed by atoms with Crippen molar-refractivity contribution in [1.29, 1.82) is 0 Å². The monoisotopic (exact) mass is 382 g/mol. The average Bonchev–Trinajstić information content (AvgIpc) is 2.47. The predicted molar refractivity (Wildman–Crippen MR) is 92.2 cm³/mol. The summed E-state index contributed by atoms with van der Waals surface area (Å²) in [5.41, 5.74) is 1.33. The Morgan fingerprint density at radius 3 is 2.55 bits per heavy atom. The maximum Gasteiger partial charge on any atom is 0.319 e. The van der Waals surface area contributed by atoms with E-state index in [0.717, 1.165) is 10.0 Å². The third-order valence-corrected chi connectivity index (χ3v) is 3.89.